The van der Waals surface area contributed by atoms with Gasteiger partial charge in [0.1, 0.15) is 5.56 Å². The minimum Gasteiger partial charge on any atom is -0.396 e. The van der Waals surface area contributed by atoms with Crippen molar-refractivity contribution >= 4 is 17.3 Å². The number of nitrogens with two attached hydrogens (primary N) is 1. The summed E-state index contributed by atoms with van der Waals surface area (Å²) in [6.45, 7) is 4.62. The van der Waals surface area contributed by atoms with Crippen LogP contribution in [0, 0.1) is 27.3 Å². The van der Waals surface area contributed by atoms with Crippen molar-refractivity contribution in [3.05, 3.63) is 33.6 Å². The molecule has 0 heterocycles. The molecule has 0 bridgehead atoms. The molecule has 1 aromatic carbocycles. The highest BCUT2D eigenvalue weighted by Crippen LogP contribution is 2.51. The number of nitrogen functional groups attached to an aromatic ring is 1. The first-order valence-corrected chi connectivity index (χ1v) is 6.24. The molecule has 0 saturated heterocycles. The number of carbonyl (C=O) groups excluding carboxylic acids is 1. The summed E-state index contributed by atoms with van der Waals surface area (Å²) in [6, 6.07) is 1.67. The van der Waals surface area contributed by atoms with Gasteiger partial charge in [0.15, 0.2) is 5.82 Å². The summed E-state index contributed by atoms with van der Waals surface area (Å²) in [7, 11) is 0. The van der Waals surface area contributed by atoms with Gasteiger partial charge in [-0.25, -0.2) is 4.39 Å². The number of hydrogen-bond acceptors (Lipinski definition) is 4. The van der Waals surface area contributed by atoms with Crippen LogP contribution in [-0.4, -0.2) is 17.4 Å². The summed E-state index contributed by atoms with van der Waals surface area (Å²) >= 11 is 0. The van der Waals surface area contributed by atoms with Crippen molar-refractivity contribution in [3.8, 4) is 0 Å². The van der Waals surface area contributed by atoms with Gasteiger partial charge < -0.3 is 11.1 Å². The first-order chi connectivity index (χ1) is 9.22. The van der Waals surface area contributed by atoms with Crippen LogP contribution in [0.3, 0.4) is 0 Å². The maximum Gasteiger partial charge on any atom is 0.285 e. The van der Waals surface area contributed by atoms with Crippen LogP contribution in [-0.2, 0) is 0 Å². The van der Waals surface area contributed by atoms with E-state index in [1.807, 2.05) is 0 Å². The van der Waals surface area contributed by atoms with Crippen LogP contribution in [0.4, 0.5) is 15.8 Å². The van der Waals surface area contributed by atoms with Crippen LogP contribution in [0.5, 0.6) is 0 Å². The molecule has 1 aromatic rings. The maximum atomic E-state index is 13.2. The van der Waals surface area contributed by atoms with Crippen molar-refractivity contribution in [1.29, 1.82) is 0 Å². The summed E-state index contributed by atoms with van der Waals surface area (Å²) in [4.78, 5) is 22.1. The van der Waals surface area contributed by atoms with E-state index in [-0.39, 0.29) is 16.7 Å². The average Bonchev–Trinajstić information content (AvgIpc) is 2.96. The number of halogens is 1. The molecular formula is C13H16FN3O3. The first kappa shape index (κ1) is 14.2. The van der Waals surface area contributed by atoms with Gasteiger partial charge in [-0.05, 0) is 23.8 Å². The molecule has 6 nitrogen and oxygen atoms in total. The number of carbonyl (C=O) groups is 1. The van der Waals surface area contributed by atoms with Crippen molar-refractivity contribution in [2.45, 2.75) is 20.3 Å². The van der Waals surface area contributed by atoms with E-state index in [4.69, 9.17) is 5.73 Å². The lowest BCUT2D eigenvalue weighted by Crippen LogP contribution is -2.27. The molecule has 1 fully saturated rings. The van der Waals surface area contributed by atoms with Gasteiger partial charge in [0, 0.05) is 6.54 Å². The van der Waals surface area contributed by atoms with Crippen molar-refractivity contribution in [2.75, 3.05) is 12.3 Å². The number of benzene rings is 1. The summed E-state index contributed by atoms with van der Waals surface area (Å²) in [5.74, 6) is -1.15. The van der Waals surface area contributed by atoms with Gasteiger partial charge in [0.25, 0.3) is 11.6 Å². The van der Waals surface area contributed by atoms with Gasteiger partial charge in [0.05, 0.1) is 16.7 Å². The first-order valence-electron chi connectivity index (χ1n) is 6.24. The van der Waals surface area contributed by atoms with E-state index in [1.165, 1.54) is 0 Å². The van der Waals surface area contributed by atoms with E-state index in [9.17, 15) is 19.3 Å². The third kappa shape index (κ3) is 2.71. The Balaban J connectivity index is 2.16. The summed E-state index contributed by atoms with van der Waals surface area (Å²) < 4.78 is 13.2. The summed E-state index contributed by atoms with van der Waals surface area (Å²) in [5, 5.41) is 13.5. The predicted molar refractivity (Wildman–Crippen MR) is 71.7 cm³/mol. The molecule has 0 aliphatic heterocycles. The number of rotatable bonds is 4. The Morgan fingerprint density at radius 2 is 2.20 bits per heavy atom. The fraction of sp³-hybridized carbons (Fsp3) is 0.462. The second-order valence-electron chi connectivity index (χ2n) is 5.75. The van der Waals surface area contributed by atoms with Gasteiger partial charge in [-0.2, -0.15) is 0 Å². The normalized spacial score (nSPS) is 19.4. The van der Waals surface area contributed by atoms with Crippen molar-refractivity contribution in [3.63, 3.8) is 0 Å². The molecule has 108 valence electrons. The van der Waals surface area contributed by atoms with E-state index in [0.29, 0.717) is 18.5 Å². The maximum absolute atomic E-state index is 13.2. The highest BCUT2D eigenvalue weighted by Gasteiger charge is 2.45. The Morgan fingerprint density at radius 1 is 1.60 bits per heavy atom. The number of nitro benzene ring substituents is 1. The lowest BCUT2D eigenvalue weighted by Gasteiger charge is -2.08. The largest absolute Gasteiger partial charge is 0.396 e. The molecule has 1 aliphatic carbocycles. The highest BCUT2D eigenvalue weighted by molar-refractivity contribution is 5.99. The lowest BCUT2D eigenvalue weighted by molar-refractivity contribution is -0.385. The average molecular weight is 281 g/mol. The summed E-state index contributed by atoms with van der Waals surface area (Å²) in [6.07, 6.45) is 1.00. The quantitative estimate of drug-likeness (QED) is 0.501. The zero-order chi connectivity index (χ0) is 15.1. The van der Waals surface area contributed by atoms with E-state index >= 15 is 0 Å². The smallest absolute Gasteiger partial charge is 0.285 e. The Morgan fingerprint density at radius 3 is 2.70 bits per heavy atom. The predicted octanol–water partition coefficient (Wildman–Crippen LogP) is 2.09. The summed E-state index contributed by atoms with van der Waals surface area (Å²) in [5.41, 5.74) is 4.48. The van der Waals surface area contributed by atoms with Crippen LogP contribution >= 0.6 is 0 Å². The monoisotopic (exact) mass is 281 g/mol. The van der Waals surface area contributed by atoms with Crippen LogP contribution < -0.4 is 11.1 Å². The van der Waals surface area contributed by atoms with Gasteiger partial charge in [-0.15, -0.1) is 0 Å². The third-order valence-corrected chi connectivity index (χ3v) is 3.78. The van der Waals surface area contributed by atoms with E-state index in [0.717, 1.165) is 12.5 Å². The van der Waals surface area contributed by atoms with Crippen molar-refractivity contribution < 1.29 is 14.1 Å². The van der Waals surface area contributed by atoms with Gasteiger partial charge in [-0.1, -0.05) is 13.8 Å². The van der Waals surface area contributed by atoms with Crippen molar-refractivity contribution in [1.82, 2.24) is 5.32 Å². The molecule has 1 amide bonds. The minimum absolute atomic E-state index is 0.195. The molecule has 20 heavy (non-hydrogen) atoms. The molecule has 2 rings (SSSR count). The van der Waals surface area contributed by atoms with Crippen LogP contribution in [0.15, 0.2) is 12.1 Å². The van der Waals surface area contributed by atoms with E-state index in [2.05, 4.69) is 19.2 Å². The fourth-order valence-electron chi connectivity index (χ4n) is 2.15. The number of nitro groups is 1. The molecule has 0 spiro atoms. The second-order valence-corrected chi connectivity index (χ2v) is 5.75. The number of nitrogens with one attached hydrogen (secondary N) is 1. The molecule has 1 saturated carbocycles. The fourth-order valence-corrected chi connectivity index (χ4v) is 2.15. The number of amides is 1. The molecule has 1 unspecified atom stereocenters. The Hall–Kier alpha value is -2.18. The van der Waals surface area contributed by atoms with Crippen LogP contribution in [0.1, 0.15) is 30.6 Å². The third-order valence-electron chi connectivity index (χ3n) is 3.78. The minimum atomic E-state index is -0.906. The SMILES string of the molecule is CC1(C)CC1CNC(=O)c1cc(N)c(F)cc1[N+](=O)[O-]. The van der Waals surface area contributed by atoms with Gasteiger partial charge in [-0.3, -0.25) is 14.9 Å². The molecular weight excluding hydrogens is 265 g/mol. The van der Waals surface area contributed by atoms with Gasteiger partial charge in [0.2, 0.25) is 0 Å². The standard InChI is InChI=1S/C13H16FN3O3/c1-13(2)5-7(13)6-16-12(18)8-3-10(15)9(14)4-11(8)17(19)20/h3-4,7H,5-6,15H2,1-2H3,(H,16,18). The van der Waals surface area contributed by atoms with Crippen molar-refractivity contribution in [2.24, 2.45) is 11.3 Å². The second kappa shape index (κ2) is 4.73. The Labute approximate surface area is 115 Å². The van der Waals surface area contributed by atoms with E-state index < -0.39 is 22.3 Å². The lowest BCUT2D eigenvalue weighted by atomic mass is 10.1. The molecule has 0 radical (unpaired) electrons. The van der Waals surface area contributed by atoms with Gasteiger partial charge >= 0.3 is 0 Å². The molecule has 0 aromatic heterocycles. The number of nitrogens with zero attached hydrogens (tertiary/aromatic N) is 1. The van der Waals surface area contributed by atoms with Crippen LogP contribution in [0.25, 0.3) is 0 Å². The molecule has 7 heteroatoms. The zero-order valence-corrected chi connectivity index (χ0v) is 11.3. The Kier molecular flexibility index (Phi) is 3.37. The number of anilines is 1. The van der Waals surface area contributed by atoms with E-state index in [1.54, 1.807) is 0 Å². The van der Waals surface area contributed by atoms with Crippen LogP contribution in [0.2, 0.25) is 0 Å². The number of hydrogen-bond donors (Lipinski definition) is 2. The Bertz CT molecular complexity index is 586. The molecule has 3 N–H and O–H groups in total. The highest BCUT2D eigenvalue weighted by atomic mass is 19.1. The molecule has 1 atom stereocenters. The molecule has 1 aliphatic rings. The zero-order valence-electron chi connectivity index (χ0n) is 11.3. The topological polar surface area (TPSA) is 98.3 Å².